The van der Waals surface area contributed by atoms with Crippen LogP contribution in [0.3, 0.4) is 0 Å². The van der Waals surface area contributed by atoms with Crippen LogP contribution in [0.15, 0.2) is 11.2 Å². The molecule has 2 atom stereocenters. The number of nitrogens with zero attached hydrogens (tertiary/aromatic N) is 2. The van der Waals surface area contributed by atoms with Gasteiger partial charge >= 0.3 is 0 Å². The van der Waals surface area contributed by atoms with E-state index >= 15 is 0 Å². The van der Waals surface area contributed by atoms with Gasteiger partial charge < -0.3 is 5.32 Å². The Balaban J connectivity index is 2.03. The summed E-state index contributed by atoms with van der Waals surface area (Å²) >= 11 is 5.84. The summed E-state index contributed by atoms with van der Waals surface area (Å²) in [4.78, 5) is 8.20. The fraction of sp³-hybridized carbons (Fsp3) is 0.636. The Labute approximate surface area is 109 Å². The van der Waals surface area contributed by atoms with Crippen molar-refractivity contribution in [3.63, 3.8) is 0 Å². The highest BCUT2D eigenvalue weighted by atomic mass is 35.5. The van der Waals surface area contributed by atoms with Crippen LogP contribution in [0, 0.1) is 6.92 Å². The summed E-state index contributed by atoms with van der Waals surface area (Å²) in [5, 5.41) is 4.08. The van der Waals surface area contributed by atoms with Crippen LogP contribution < -0.4 is 5.32 Å². The third-order valence-corrected chi connectivity index (χ3v) is 4.26. The van der Waals surface area contributed by atoms with Crippen molar-refractivity contribution in [3.8, 4) is 0 Å². The van der Waals surface area contributed by atoms with Gasteiger partial charge in [0.15, 0.2) is 0 Å². The minimum absolute atomic E-state index is 0.312. The van der Waals surface area contributed by atoms with Crippen LogP contribution in [0.25, 0.3) is 0 Å². The molecule has 6 heteroatoms. The second-order valence-electron chi connectivity index (χ2n) is 4.27. The predicted octanol–water partition coefficient (Wildman–Crippen LogP) is 1.69. The number of aromatic nitrogens is 2. The molecule has 2 rings (SSSR count). The maximum absolute atomic E-state index is 12.1. The van der Waals surface area contributed by atoms with Crippen LogP contribution in [0.1, 0.15) is 25.0 Å². The van der Waals surface area contributed by atoms with Crippen molar-refractivity contribution < 1.29 is 4.21 Å². The van der Waals surface area contributed by atoms with Gasteiger partial charge in [0, 0.05) is 17.5 Å². The number of hydrogen-bond donors (Lipinski definition) is 1. The summed E-state index contributed by atoms with van der Waals surface area (Å²) in [6.45, 7) is 2.84. The second kappa shape index (κ2) is 5.89. The molecule has 1 saturated heterocycles. The number of nitrogens with one attached hydrogen (secondary N) is 1. The van der Waals surface area contributed by atoms with Crippen LogP contribution >= 0.6 is 11.6 Å². The van der Waals surface area contributed by atoms with Gasteiger partial charge in [-0.2, -0.15) is 0 Å². The van der Waals surface area contributed by atoms with Gasteiger partial charge in [0.2, 0.25) is 5.16 Å². The van der Waals surface area contributed by atoms with Crippen LogP contribution in [0.5, 0.6) is 0 Å². The molecule has 17 heavy (non-hydrogen) atoms. The predicted molar refractivity (Wildman–Crippen MR) is 68.7 cm³/mol. The molecule has 1 aromatic rings. The van der Waals surface area contributed by atoms with Crippen molar-refractivity contribution in [2.24, 2.45) is 0 Å². The van der Waals surface area contributed by atoms with E-state index in [9.17, 15) is 4.21 Å². The molecule has 94 valence electrons. The molecule has 0 radical (unpaired) electrons. The smallest absolute Gasteiger partial charge is 0.220 e. The zero-order valence-electron chi connectivity index (χ0n) is 9.78. The van der Waals surface area contributed by atoms with Crippen LogP contribution in [-0.2, 0) is 10.8 Å². The number of rotatable bonds is 3. The Morgan fingerprint density at radius 1 is 1.53 bits per heavy atom. The van der Waals surface area contributed by atoms with Crippen molar-refractivity contribution in [2.75, 3.05) is 12.3 Å². The lowest BCUT2D eigenvalue weighted by atomic mass is 10.1. The molecular formula is C11H16ClN3OS. The van der Waals surface area contributed by atoms with E-state index < -0.39 is 10.8 Å². The van der Waals surface area contributed by atoms with Crippen LogP contribution in [-0.4, -0.2) is 32.5 Å². The second-order valence-corrected chi connectivity index (χ2v) is 6.05. The first kappa shape index (κ1) is 12.9. The summed E-state index contributed by atoms with van der Waals surface area (Å²) in [5.74, 6) is 0.569. The summed E-state index contributed by atoms with van der Waals surface area (Å²) in [7, 11) is -1.17. The molecule has 4 nitrogen and oxygen atoms in total. The van der Waals surface area contributed by atoms with E-state index in [2.05, 4.69) is 15.3 Å². The molecule has 0 unspecified atom stereocenters. The Morgan fingerprint density at radius 2 is 2.35 bits per heavy atom. The molecule has 0 bridgehead atoms. The van der Waals surface area contributed by atoms with Crippen LogP contribution in [0.2, 0.25) is 5.15 Å². The van der Waals surface area contributed by atoms with E-state index in [1.165, 1.54) is 12.8 Å². The van der Waals surface area contributed by atoms with Gasteiger partial charge in [-0.05, 0) is 32.4 Å². The van der Waals surface area contributed by atoms with Crippen LogP contribution in [0.4, 0.5) is 0 Å². The number of halogens is 1. The third kappa shape index (κ3) is 3.72. The zero-order chi connectivity index (χ0) is 12.3. The average Bonchev–Trinajstić information content (AvgIpc) is 2.29. The minimum atomic E-state index is -1.17. The highest BCUT2D eigenvalue weighted by molar-refractivity contribution is 7.84. The quantitative estimate of drug-likeness (QED) is 0.673. The topological polar surface area (TPSA) is 54.9 Å². The third-order valence-electron chi connectivity index (χ3n) is 2.77. The summed E-state index contributed by atoms with van der Waals surface area (Å²) in [6.07, 6.45) is 3.48. The first-order valence-corrected chi connectivity index (χ1v) is 7.48. The molecule has 1 fully saturated rings. The number of hydrogen-bond acceptors (Lipinski definition) is 4. The summed E-state index contributed by atoms with van der Waals surface area (Å²) < 4.78 is 12.1. The lowest BCUT2D eigenvalue weighted by molar-refractivity contribution is 0.427. The Kier molecular flexibility index (Phi) is 4.48. The largest absolute Gasteiger partial charge is 0.313 e. The number of piperidine rings is 1. The molecule has 0 spiro atoms. The van der Waals surface area contributed by atoms with E-state index in [-0.39, 0.29) is 0 Å². The molecule has 1 aliphatic heterocycles. The molecule has 0 saturated carbocycles. The fourth-order valence-electron chi connectivity index (χ4n) is 1.93. The van der Waals surface area contributed by atoms with Crippen molar-refractivity contribution in [2.45, 2.75) is 37.4 Å². The molecule has 1 N–H and O–H groups in total. The van der Waals surface area contributed by atoms with Crippen molar-refractivity contribution in [3.05, 3.63) is 16.9 Å². The summed E-state index contributed by atoms with van der Waals surface area (Å²) in [5.41, 5.74) is 0.755. The van der Waals surface area contributed by atoms with E-state index in [0.717, 1.165) is 18.7 Å². The van der Waals surface area contributed by atoms with Gasteiger partial charge in [-0.3, -0.25) is 4.21 Å². The maximum atomic E-state index is 12.1. The van der Waals surface area contributed by atoms with E-state index in [0.29, 0.717) is 22.1 Å². The van der Waals surface area contributed by atoms with Crippen molar-refractivity contribution in [1.82, 2.24) is 15.3 Å². The number of aryl methyl sites for hydroxylation is 1. The lowest BCUT2D eigenvalue weighted by Crippen LogP contribution is -2.38. The Morgan fingerprint density at radius 3 is 3.00 bits per heavy atom. The van der Waals surface area contributed by atoms with Gasteiger partial charge in [-0.1, -0.05) is 18.0 Å². The first-order valence-electron chi connectivity index (χ1n) is 5.78. The van der Waals surface area contributed by atoms with E-state index in [1.54, 1.807) is 6.07 Å². The van der Waals surface area contributed by atoms with Gasteiger partial charge in [-0.15, -0.1) is 0 Å². The molecule has 2 heterocycles. The average molecular weight is 274 g/mol. The standard InChI is InChI=1S/C11H16ClN3OS/c1-8-6-10(12)15-11(14-8)17(16)7-9-4-2-3-5-13-9/h6,9,13H,2-5,7H2,1H3/t9-,17+/m1/s1. The molecule has 0 aromatic carbocycles. The first-order chi connectivity index (χ1) is 8.15. The Hall–Kier alpha value is -0.520. The van der Waals surface area contributed by atoms with E-state index in [4.69, 9.17) is 11.6 Å². The van der Waals surface area contributed by atoms with Crippen molar-refractivity contribution in [1.29, 1.82) is 0 Å². The van der Waals surface area contributed by atoms with E-state index in [1.807, 2.05) is 6.92 Å². The van der Waals surface area contributed by atoms with Gasteiger partial charge in [0.1, 0.15) is 5.15 Å². The normalized spacial score (nSPS) is 22.4. The highest BCUT2D eigenvalue weighted by Crippen LogP contribution is 2.13. The molecule has 0 amide bonds. The zero-order valence-corrected chi connectivity index (χ0v) is 11.4. The molecule has 1 aromatic heterocycles. The summed E-state index contributed by atoms with van der Waals surface area (Å²) in [6, 6.07) is 1.98. The fourth-order valence-corrected chi connectivity index (χ4v) is 3.46. The SMILES string of the molecule is Cc1cc(Cl)nc([S@@](=O)C[C@H]2CCCCN2)n1. The monoisotopic (exact) mass is 273 g/mol. The van der Waals surface area contributed by atoms with Gasteiger partial charge in [0.25, 0.3) is 0 Å². The maximum Gasteiger partial charge on any atom is 0.220 e. The van der Waals surface area contributed by atoms with Crippen molar-refractivity contribution >= 4 is 22.4 Å². The lowest BCUT2D eigenvalue weighted by Gasteiger charge is -2.22. The minimum Gasteiger partial charge on any atom is -0.313 e. The highest BCUT2D eigenvalue weighted by Gasteiger charge is 2.18. The molecular weight excluding hydrogens is 258 g/mol. The molecule has 1 aliphatic rings. The van der Waals surface area contributed by atoms with Gasteiger partial charge in [-0.25, -0.2) is 9.97 Å². The Bertz CT molecular complexity index is 401. The molecule has 0 aliphatic carbocycles. The van der Waals surface area contributed by atoms with Gasteiger partial charge in [0.05, 0.1) is 10.8 Å².